The quantitative estimate of drug-likeness (QED) is 0.541. The fourth-order valence-electron chi connectivity index (χ4n) is 3.02. The number of carbonyl (C=O) groups excluding carboxylic acids is 1. The molecule has 14 heteroatoms. The lowest BCUT2D eigenvalue weighted by Gasteiger charge is -2.11. The van der Waals surface area contributed by atoms with Crippen molar-refractivity contribution in [3.8, 4) is 22.4 Å². The van der Waals surface area contributed by atoms with Crippen molar-refractivity contribution in [2.24, 2.45) is 12.8 Å². The number of amides is 1. The fraction of sp³-hybridized carbons (Fsp3) is 0.278. The van der Waals surface area contributed by atoms with Crippen molar-refractivity contribution in [3.63, 3.8) is 0 Å². The first-order valence-corrected chi connectivity index (χ1v) is 8.76. The van der Waals surface area contributed by atoms with Gasteiger partial charge in [0.15, 0.2) is 23.2 Å². The summed E-state index contributed by atoms with van der Waals surface area (Å²) in [6.07, 6.45) is -3.23. The molecule has 1 amide bonds. The molecule has 3 aromatic rings. The largest absolute Gasteiger partial charge is 0.435 e. The average molecular weight is 465 g/mol. The standard InChI is InChI=1S/C18H14F7N5O2/c1-29-11(6-27-16(29)15(26)31)9-3-2-8(12(19)13(9)20)10-7-30(4-5-32-17(21)22)28-14(10)18(23,24)25/h2-3,6-7,17H,4-5H2,1H3,(H2,26,31). The van der Waals surface area contributed by atoms with Crippen LogP contribution in [0.15, 0.2) is 24.5 Å². The van der Waals surface area contributed by atoms with E-state index in [0.717, 1.165) is 29.1 Å². The molecule has 0 unspecified atom stereocenters. The molecule has 0 saturated heterocycles. The van der Waals surface area contributed by atoms with Gasteiger partial charge in [-0.2, -0.15) is 27.1 Å². The highest BCUT2D eigenvalue weighted by Gasteiger charge is 2.38. The first-order valence-electron chi connectivity index (χ1n) is 8.76. The zero-order chi connectivity index (χ0) is 23.8. The Morgan fingerprint density at radius 2 is 1.78 bits per heavy atom. The van der Waals surface area contributed by atoms with Crippen LogP contribution in [0.1, 0.15) is 16.3 Å². The average Bonchev–Trinajstić information content (AvgIpc) is 3.27. The van der Waals surface area contributed by atoms with E-state index in [1.54, 1.807) is 0 Å². The van der Waals surface area contributed by atoms with Crippen LogP contribution in [0, 0.1) is 11.6 Å². The minimum absolute atomic E-state index is 0.0439. The topological polar surface area (TPSA) is 88.0 Å². The van der Waals surface area contributed by atoms with Crippen LogP contribution in [0.4, 0.5) is 30.7 Å². The van der Waals surface area contributed by atoms with Gasteiger partial charge in [0.2, 0.25) is 0 Å². The Morgan fingerprint density at radius 1 is 1.16 bits per heavy atom. The predicted octanol–water partition coefficient (Wildman–Crippen LogP) is 3.59. The molecule has 0 bridgehead atoms. The molecule has 1 aromatic carbocycles. The summed E-state index contributed by atoms with van der Waals surface area (Å²) in [4.78, 5) is 15.0. The Balaban J connectivity index is 2.06. The summed E-state index contributed by atoms with van der Waals surface area (Å²) in [5.41, 5.74) is 1.64. The van der Waals surface area contributed by atoms with Gasteiger partial charge in [0, 0.05) is 29.9 Å². The van der Waals surface area contributed by atoms with Gasteiger partial charge in [-0.1, -0.05) is 6.07 Å². The van der Waals surface area contributed by atoms with E-state index in [1.165, 1.54) is 7.05 Å². The molecule has 2 N–H and O–H groups in total. The third kappa shape index (κ3) is 4.44. The van der Waals surface area contributed by atoms with Crippen molar-refractivity contribution < 1.29 is 40.3 Å². The van der Waals surface area contributed by atoms with Gasteiger partial charge in [-0.05, 0) is 6.07 Å². The molecular weight excluding hydrogens is 451 g/mol. The zero-order valence-corrected chi connectivity index (χ0v) is 16.1. The Morgan fingerprint density at radius 3 is 2.34 bits per heavy atom. The normalized spacial score (nSPS) is 12.0. The monoisotopic (exact) mass is 465 g/mol. The smallest absolute Gasteiger partial charge is 0.363 e. The fourth-order valence-corrected chi connectivity index (χ4v) is 3.02. The van der Waals surface area contributed by atoms with E-state index < -0.39 is 60.3 Å². The molecule has 0 spiro atoms. The maximum absolute atomic E-state index is 14.8. The number of imidazole rings is 1. The number of aromatic nitrogens is 4. The number of hydrogen-bond donors (Lipinski definition) is 1. The Hall–Kier alpha value is -3.42. The van der Waals surface area contributed by atoms with Crippen LogP contribution in [-0.2, 0) is 24.5 Å². The number of benzene rings is 1. The number of ether oxygens (including phenoxy) is 1. The van der Waals surface area contributed by atoms with E-state index in [9.17, 15) is 35.5 Å². The number of hydrogen-bond acceptors (Lipinski definition) is 4. The van der Waals surface area contributed by atoms with Gasteiger partial charge >= 0.3 is 12.8 Å². The van der Waals surface area contributed by atoms with Gasteiger partial charge < -0.3 is 15.0 Å². The highest BCUT2D eigenvalue weighted by Crippen LogP contribution is 2.39. The first kappa shape index (κ1) is 23.2. The highest BCUT2D eigenvalue weighted by atomic mass is 19.4. The maximum Gasteiger partial charge on any atom is 0.435 e. The third-order valence-corrected chi connectivity index (χ3v) is 4.45. The van der Waals surface area contributed by atoms with Gasteiger partial charge in [-0.15, -0.1) is 0 Å². The van der Waals surface area contributed by atoms with Gasteiger partial charge in [0.05, 0.1) is 25.0 Å². The van der Waals surface area contributed by atoms with Crippen molar-refractivity contribution in [1.29, 1.82) is 0 Å². The first-order chi connectivity index (χ1) is 14.9. The Labute approximate surface area is 175 Å². The number of halogens is 7. The van der Waals surface area contributed by atoms with Gasteiger partial charge in [-0.25, -0.2) is 13.8 Å². The summed E-state index contributed by atoms with van der Waals surface area (Å²) in [5, 5.41) is 3.26. The second-order valence-electron chi connectivity index (χ2n) is 6.46. The van der Waals surface area contributed by atoms with Gasteiger partial charge in [-0.3, -0.25) is 9.48 Å². The van der Waals surface area contributed by atoms with Crippen molar-refractivity contribution in [1.82, 2.24) is 19.3 Å². The highest BCUT2D eigenvalue weighted by molar-refractivity contribution is 5.90. The number of primary amides is 1. The maximum atomic E-state index is 14.8. The Bertz CT molecular complexity index is 1150. The number of nitrogens with zero attached hydrogens (tertiary/aromatic N) is 4. The number of nitrogens with two attached hydrogens (primary N) is 1. The summed E-state index contributed by atoms with van der Waals surface area (Å²) in [5.74, 6) is -4.27. The number of rotatable bonds is 7. The zero-order valence-electron chi connectivity index (χ0n) is 16.1. The molecule has 0 fully saturated rings. The lowest BCUT2D eigenvalue weighted by Crippen LogP contribution is -2.17. The molecule has 0 aliphatic rings. The van der Waals surface area contributed by atoms with Crippen molar-refractivity contribution in [3.05, 3.63) is 47.7 Å². The molecule has 3 rings (SSSR count). The van der Waals surface area contributed by atoms with E-state index in [-0.39, 0.29) is 17.1 Å². The van der Waals surface area contributed by atoms with Gasteiger partial charge in [0.1, 0.15) is 0 Å². The van der Waals surface area contributed by atoms with Crippen LogP contribution < -0.4 is 5.73 Å². The van der Waals surface area contributed by atoms with Gasteiger partial charge in [0.25, 0.3) is 5.91 Å². The van der Waals surface area contributed by atoms with Crippen LogP contribution in [0.2, 0.25) is 0 Å². The second-order valence-corrected chi connectivity index (χ2v) is 6.46. The van der Waals surface area contributed by atoms with Crippen LogP contribution in [0.25, 0.3) is 22.4 Å². The van der Waals surface area contributed by atoms with Crippen LogP contribution in [0.5, 0.6) is 0 Å². The second kappa shape index (κ2) is 8.61. The van der Waals surface area contributed by atoms with E-state index in [4.69, 9.17) is 5.73 Å². The molecule has 7 nitrogen and oxygen atoms in total. The van der Waals surface area contributed by atoms with E-state index in [2.05, 4.69) is 14.8 Å². The summed E-state index contributed by atoms with van der Waals surface area (Å²) in [6, 6.07) is 1.91. The van der Waals surface area contributed by atoms with E-state index in [1.807, 2.05) is 0 Å². The predicted molar refractivity (Wildman–Crippen MR) is 95.3 cm³/mol. The summed E-state index contributed by atoms with van der Waals surface area (Å²) in [6.45, 7) is -4.27. The van der Waals surface area contributed by atoms with Crippen LogP contribution in [-0.4, -0.2) is 38.5 Å². The van der Waals surface area contributed by atoms with Crippen molar-refractivity contribution >= 4 is 5.91 Å². The Kier molecular flexibility index (Phi) is 6.25. The molecule has 0 saturated carbocycles. The SMILES string of the molecule is Cn1c(-c2ccc(-c3cn(CCOC(F)F)nc3C(F)(F)F)c(F)c2F)cnc1C(N)=O. The molecule has 172 valence electrons. The van der Waals surface area contributed by atoms with Crippen LogP contribution in [0.3, 0.4) is 0 Å². The van der Waals surface area contributed by atoms with Crippen molar-refractivity contribution in [2.45, 2.75) is 19.3 Å². The third-order valence-electron chi connectivity index (χ3n) is 4.45. The minimum atomic E-state index is -5.04. The summed E-state index contributed by atoms with van der Waals surface area (Å²) in [7, 11) is 1.32. The number of carbonyl (C=O) groups is 1. The summed E-state index contributed by atoms with van der Waals surface area (Å²) >= 11 is 0. The van der Waals surface area contributed by atoms with E-state index >= 15 is 0 Å². The lowest BCUT2D eigenvalue weighted by atomic mass is 10.0. The molecule has 2 aromatic heterocycles. The molecule has 2 heterocycles. The molecular formula is C18H14F7N5O2. The molecule has 0 aliphatic carbocycles. The van der Waals surface area contributed by atoms with Crippen molar-refractivity contribution in [2.75, 3.05) is 6.61 Å². The number of alkyl halides is 5. The lowest BCUT2D eigenvalue weighted by molar-refractivity contribution is -0.142. The van der Waals surface area contributed by atoms with E-state index in [0.29, 0.717) is 4.68 Å². The summed E-state index contributed by atoms with van der Waals surface area (Å²) < 4.78 is 99.7. The molecule has 0 aliphatic heterocycles. The minimum Gasteiger partial charge on any atom is -0.363 e. The molecule has 32 heavy (non-hydrogen) atoms. The molecule has 0 atom stereocenters. The van der Waals surface area contributed by atoms with Crippen LogP contribution >= 0.6 is 0 Å². The molecule has 0 radical (unpaired) electrons.